The molecule has 0 atom stereocenters. The molecule has 0 amide bonds. The first-order valence-electron chi connectivity index (χ1n) is 2.32. The van der Waals surface area contributed by atoms with Gasteiger partial charge in [-0.2, -0.15) is 4.39 Å². The first kappa shape index (κ1) is 6.48. The van der Waals surface area contributed by atoms with E-state index in [-0.39, 0.29) is 5.69 Å². The summed E-state index contributed by atoms with van der Waals surface area (Å²) in [5.41, 5.74) is 5.34. The summed E-state index contributed by atoms with van der Waals surface area (Å²) >= 11 is 3.09. The van der Waals surface area contributed by atoms with Crippen LogP contribution in [0.5, 0.6) is 0 Å². The molecule has 1 aromatic rings. The molecule has 0 saturated carbocycles. The second kappa shape index (κ2) is 2.31. The molecule has 0 unspecified atom stereocenters. The minimum Gasteiger partial charge on any atom is -0.396 e. The van der Waals surface area contributed by atoms with E-state index in [1.54, 1.807) is 0 Å². The minimum absolute atomic E-state index is 0.139. The second-order valence-corrected chi connectivity index (χ2v) is 2.44. The fourth-order valence-corrected chi connectivity index (χ4v) is 0.824. The molecule has 0 aromatic carbocycles. The average molecular weight is 192 g/mol. The topological polar surface area (TPSA) is 40.2 Å². The van der Waals surface area contributed by atoms with Gasteiger partial charge in [0.2, 0.25) is 16.6 Å². The zero-order valence-corrected chi connectivity index (χ0v) is 6.07. The lowest BCUT2D eigenvalue weighted by molar-refractivity contribution is -0.394. The molecule has 1 aromatic heterocycles. The van der Waals surface area contributed by atoms with Crippen molar-refractivity contribution in [2.45, 2.75) is 0 Å². The number of nitrogen functional groups attached to an aromatic ring is 1. The number of aromatic nitrogens is 1. The van der Waals surface area contributed by atoms with Crippen LogP contribution in [0.3, 0.4) is 0 Å². The quantitative estimate of drug-likeness (QED) is 0.611. The van der Waals surface area contributed by atoms with Gasteiger partial charge in [-0.3, -0.25) is 0 Å². The van der Waals surface area contributed by atoms with Gasteiger partial charge in [0.15, 0.2) is 0 Å². The summed E-state index contributed by atoms with van der Waals surface area (Å²) in [6.07, 6.45) is 1.19. The second-order valence-electron chi connectivity index (χ2n) is 1.58. The molecule has 0 aliphatic heterocycles. The third-order valence-electron chi connectivity index (χ3n) is 0.895. The van der Waals surface area contributed by atoms with Gasteiger partial charge in [-0.15, -0.1) is 0 Å². The van der Waals surface area contributed by atoms with Gasteiger partial charge in [0.05, 0.1) is 5.69 Å². The predicted molar refractivity (Wildman–Crippen MR) is 35.1 cm³/mol. The van der Waals surface area contributed by atoms with Crippen molar-refractivity contribution in [3.8, 4) is 0 Å². The molecule has 1 rings (SSSR count). The highest BCUT2D eigenvalue weighted by atomic mass is 79.9. The van der Waals surface area contributed by atoms with Gasteiger partial charge in [0.25, 0.3) is 0 Å². The summed E-state index contributed by atoms with van der Waals surface area (Å²) < 4.78 is 13.0. The van der Waals surface area contributed by atoms with Crippen LogP contribution in [0.15, 0.2) is 16.9 Å². The standard InChI is InChI=1S/C5H4BrFN2/c6-5-1-4(8)3(7)2-9-5/h1-2H,(H2,8,9)/p+1. The van der Waals surface area contributed by atoms with Crippen molar-refractivity contribution in [2.75, 3.05) is 5.73 Å². The number of rotatable bonds is 0. The summed E-state index contributed by atoms with van der Waals surface area (Å²) in [5.74, 6) is -0.432. The Morgan fingerprint density at radius 1 is 1.67 bits per heavy atom. The Hall–Kier alpha value is -0.640. The number of halogens is 2. The molecular weight excluding hydrogens is 187 g/mol. The van der Waals surface area contributed by atoms with E-state index in [4.69, 9.17) is 5.73 Å². The Kier molecular flexibility index (Phi) is 1.66. The van der Waals surface area contributed by atoms with Crippen LogP contribution in [0, 0.1) is 5.82 Å². The first-order valence-corrected chi connectivity index (χ1v) is 3.11. The Morgan fingerprint density at radius 3 is 2.78 bits per heavy atom. The van der Waals surface area contributed by atoms with E-state index >= 15 is 0 Å². The lowest BCUT2D eigenvalue weighted by atomic mass is 10.4. The summed E-state index contributed by atoms with van der Waals surface area (Å²) in [7, 11) is 0. The Morgan fingerprint density at radius 2 is 2.33 bits per heavy atom. The highest BCUT2D eigenvalue weighted by Gasteiger charge is 2.02. The highest BCUT2D eigenvalue weighted by Crippen LogP contribution is 2.09. The third-order valence-corrected chi connectivity index (χ3v) is 1.35. The fourth-order valence-electron chi connectivity index (χ4n) is 0.463. The maximum atomic E-state index is 12.3. The summed E-state index contributed by atoms with van der Waals surface area (Å²) in [5, 5.41) is 0. The monoisotopic (exact) mass is 191 g/mol. The van der Waals surface area contributed by atoms with Crippen molar-refractivity contribution in [2.24, 2.45) is 0 Å². The SMILES string of the molecule is Nc1cc(Br)[nH+]cc1F. The molecule has 4 heteroatoms. The van der Waals surface area contributed by atoms with Gasteiger partial charge in [-0.1, -0.05) is 0 Å². The molecule has 1 heterocycles. The van der Waals surface area contributed by atoms with Gasteiger partial charge in [-0.05, 0) is 0 Å². The molecule has 0 fully saturated rings. The van der Waals surface area contributed by atoms with Gasteiger partial charge in [0.1, 0.15) is 0 Å². The van der Waals surface area contributed by atoms with Crippen molar-refractivity contribution in [3.05, 3.63) is 22.7 Å². The van der Waals surface area contributed by atoms with E-state index < -0.39 is 5.82 Å². The van der Waals surface area contributed by atoms with Crippen LogP contribution >= 0.6 is 15.9 Å². The predicted octanol–water partition coefficient (Wildman–Crippen LogP) is 0.985. The van der Waals surface area contributed by atoms with Crippen LogP contribution in [0.1, 0.15) is 0 Å². The Bertz CT molecular complexity index is 226. The van der Waals surface area contributed by atoms with E-state index in [0.717, 1.165) is 0 Å². The highest BCUT2D eigenvalue weighted by molar-refractivity contribution is 9.10. The number of hydrogen-bond donors (Lipinski definition) is 1. The van der Waals surface area contributed by atoms with Crippen LogP contribution in [0.2, 0.25) is 0 Å². The number of anilines is 1. The summed E-state index contributed by atoms with van der Waals surface area (Å²) in [4.78, 5) is 2.60. The maximum absolute atomic E-state index is 12.3. The van der Waals surface area contributed by atoms with Crippen LogP contribution in [0.4, 0.5) is 10.1 Å². The number of nitrogens with one attached hydrogen (secondary N) is 1. The van der Waals surface area contributed by atoms with E-state index in [1.165, 1.54) is 12.3 Å². The van der Waals surface area contributed by atoms with Crippen molar-refractivity contribution >= 4 is 21.6 Å². The molecule has 2 nitrogen and oxygen atoms in total. The largest absolute Gasteiger partial charge is 0.396 e. The lowest BCUT2D eigenvalue weighted by Crippen LogP contribution is -2.06. The van der Waals surface area contributed by atoms with Gasteiger partial charge in [0, 0.05) is 22.0 Å². The number of aromatic amines is 1. The van der Waals surface area contributed by atoms with Crippen molar-refractivity contribution in [1.29, 1.82) is 0 Å². The van der Waals surface area contributed by atoms with Crippen molar-refractivity contribution in [3.63, 3.8) is 0 Å². The van der Waals surface area contributed by atoms with E-state index in [2.05, 4.69) is 20.9 Å². The van der Waals surface area contributed by atoms with Crippen LogP contribution in [0.25, 0.3) is 0 Å². The first-order chi connectivity index (χ1) is 4.20. The zero-order chi connectivity index (χ0) is 6.85. The minimum atomic E-state index is -0.432. The fraction of sp³-hybridized carbons (Fsp3) is 0. The molecule has 0 radical (unpaired) electrons. The van der Waals surface area contributed by atoms with Gasteiger partial charge in [-0.25, -0.2) is 4.98 Å². The van der Waals surface area contributed by atoms with Crippen molar-refractivity contribution in [1.82, 2.24) is 0 Å². The molecule has 48 valence electrons. The average Bonchev–Trinajstić information content (AvgIpc) is 1.80. The summed E-state index contributed by atoms with van der Waals surface area (Å²) in [6, 6.07) is 1.47. The number of nitrogens with two attached hydrogens (primary N) is 1. The molecule has 0 bridgehead atoms. The molecule has 0 saturated heterocycles. The molecule has 0 aliphatic carbocycles. The normalized spacial score (nSPS) is 9.56. The van der Waals surface area contributed by atoms with E-state index in [1.807, 2.05) is 0 Å². The zero-order valence-electron chi connectivity index (χ0n) is 4.49. The lowest BCUT2D eigenvalue weighted by Gasteiger charge is -1.88. The van der Waals surface area contributed by atoms with Crippen LogP contribution in [-0.4, -0.2) is 0 Å². The number of hydrogen-bond acceptors (Lipinski definition) is 1. The Labute approximate surface area is 60.0 Å². The molecule has 0 spiro atoms. The molecular formula is C5H5BrFN2+. The van der Waals surface area contributed by atoms with Crippen molar-refractivity contribution < 1.29 is 9.37 Å². The van der Waals surface area contributed by atoms with Crippen LogP contribution < -0.4 is 10.7 Å². The third kappa shape index (κ3) is 1.38. The summed E-state index contributed by atoms with van der Waals surface area (Å²) in [6.45, 7) is 0. The van der Waals surface area contributed by atoms with E-state index in [0.29, 0.717) is 4.60 Å². The smallest absolute Gasteiger partial charge is 0.248 e. The molecule has 0 aliphatic rings. The Balaban J connectivity index is 3.17. The number of H-pyrrole nitrogens is 1. The van der Waals surface area contributed by atoms with Crippen LogP contribution in [-0.2, 0) is 0 Å². The number of pyridine rings is 1. The van der Waals surface area contributed by atoms with E-state index in [9.17, 15) is 4.39 Å². The molecule has 3 N–H and O–H groups in total. The molecule has 9 heavy (non-hydrogen) atoms. The maximum Gasteiger partial charge on any atom is 0.248 e. The van der Waals surface area contributed by atoms with Gasteiger partial charge >= 0.3 is 0 Å². The van der Waals surface area contributed by atoms with Gasteiger partial charge < -0.3 is 5.73 Å².